The second kappa shape index (κ2) is 4.60. The van der Waals surface area contributed by atoms with E-state index in [9.17, 15) is 10.1 Å². The molecule has 0 aromatic carbocycles. The van der Waals surface area contributed by atoms with Gasteiger partial charge in [-0.25, -0.2) is 0 Å². The number of nitrogens with zero attached hydrogens (tertiary/aromatic N) is 1. The number of hydrogen-bond donors (Lipinski definition) is 0. The highest BCUT2D eigenvalue weighted by Crippen LogP contribution is 2.40. The molecule has 1 atom stereocenters. The fraction of sp³-hybridized carbons (Fsp3) is 0.667. The second-order valence-electron chi connectivity index (χ2n) is 4.49. The van der Waals surface area contributed by atoms with Crippen molar-refractivity contribution in [2.75, 3.05) is 0 Å². The van der Waals surface area contributed by atoms with Gasteiger partial charge in [0.15, 0.2) is 0 Å². The van der Waals surface area contributed by atoms with Crippen LogP contribution in [0.4, 0.5) is 0 Å². The number of fused-ring (bicyclic) bond motifs is 1. The third-order valence-corrected chi connectivity index (χ3v) is 3.56. The van der Waals surface area contributed by atoms with Crippen LogP contribution in [0.25, 0.3) is 0 Å². The summed E-state index contributed by atoms with van der Waals surface area (Å²) in [6.07, 6.45) is 11.5. The Labute approximate surface area is 90.0 Å². The molecule has 0 amide bonds. The SMILES string of the molecule is O=[N+]([O-])/C=C/C1=C2CCCCCC2CC1. The minimum Gasteiger partial charge on any atom is -0.259 e. The average molecular weight is 207 g/mol. The van der Waals surface area contributed by atoms with Gasteiger partial charge in [0, 0.05) is 6.08 Å². The fourth-order valence-corrected chi connectivity index (χ4v) is 2.83. The molecule has 0 spiro atoms. The molecule has 82 valence electrons. The van der Waals surface area contributed by atoms with Crippen molar-refractivity contribution in [1.29, 1.82) is 0 Å². The zero-order chi connectivity index (χ0) is 10.7. The van der Waals surface area contributed by atoms with Crippen LogP contribution >= 0.6 is 0 Å². The van der Waals surface area contributed by atoms with Gasteiger partial charge in [0.2, 0.25) is 6.20 Å². The van der Waals surface area contributed by atoms with E-state index in [2.05, 4.69) is 0 Å². The third-order valence-electron chi connectivity index (χ3n) is 3.56. The van der Waals surface area contributed by atoms with Gasteiger partial charge in [0.05, 0.1) is 4.92 Å². The van der Waals surface area contributed by atoms with E-state index in [1.807, 2.05) is 0 Å². The molecule has 0 heterocycles. The van der Waals surface area contributed by atoms with E-state index in [0.29, 0.717) is 0 Å². The summed E-state index contributed by atoms with van der Waals surface area (Å²) in [7, 11) is 0. The summed E-state index contributed by atoms with van der Waals surface area (Å²) in [5.41, 5.74) is 2.77. The Kier molecular flexibility index (Phi) is 3.19. The number of allylic oxidation sites excluding steroid dienone is 3. The minimum atomic E-state index is -0.364. The van der Waals surface area contributed by atoms with Crippen LogP contribution in [0.3, 0.4) is 0 Å². The average Bonchev–Trinajstić information content (AvgIpc) is 2.44. The predicted octanol–water partition coefficient (Wildman–Crippen LogP) is 3.45. The Morgan fingerprint density at radius 1 is 1.20 bits per heavy atom. The van der Waals surface area contributed by atoms with Gasteiger partial charge in [0.1, 0.15) is 0 Å². The van der Waals surface area contributed by atoms with E-state index in [1.165, 1.54) is 49.7 Å². The first-order chi connectivity index (χ1) is 7.27. The lowest BCUT2D eigenvalue weighted by molar-refractivity contribution is -0.402. The van der Waals surface area contributed by atoms with Crippen LogP contribution in [-0.4, -0.2) is 4.92 Å². The molecule has 0 bridgehead atoms. The maximum atomic E-state index is 10.3. The first kappa shape index (κ1) is 10.4. The summed E-state index contributed by atoms with van der Waals surface area (Å²) in [6, 6.07) is 0. The maximum Gasteiger partial charge on any atom is 0.234 e. The topological polar surface area (TPSA) is 43.1 Å². The van der Waals surface area contributed by atoms with Crippen LogP contribution in [0.15, 0.2) is 23.4 Å². The molecule has 0 N–H and O–H groups in total. The number of nitro groups is 1. The highest BCUT2D eigenvalue weighted by atomic mass is 16.6. The monoisotopic (exact) mass is 207 g/mol. The molecule has 0 aromatic rings. The van der Waals surface area contributed by atoms with E-state index >= 15 is 0 Å². The second-order valence-corrected chi connectivity index (χ2v) is 4.49. The molecule has 3 heteroatoms. The summed E-state index contributed by atoms with van der Waals surface area (Å²) < 4.78 is 0. The van der Waals surface area contributed by atoms with Gasteiger partial charge in [-0.3, -0.25) is 10.1 Å². The molecular weight excluding hydrogens is 190 g/mol. The summed E-state index contributed by atoms with van der Waals surface area (Å²) >= 11 is 0. The zero-order valence-corrected chi connectivity index (χ0v) is 8.95. The van der Waals surface area contributed by atoms with Crippen molar-refractivity contribution in [1.82, 2.24) is 0 Å². The molecule has 0 radical (unpaired) electrons. The highest BCUT2D eigenvalue weighted by molar-refractivity contribution is 5.31. The smallest absolute Gasteiger partial charge is 0.234 e. The van der Waals surface area contributed by atoms with Crippen molar-refractivity contribution in [3.8, 4) is 0 Å². The molecule has 0 aliphatic heterocycles. The molecule has 2 aliphatic rings. The van der Waals surface area contributed by atoms with Crippen molar-refractivity contribution in [3.05, 3.63) is 33.5 Å². The molecule has 0 saturated heterocycles. The Bertz CT molecular complexity index is 318. The maximum absolute atomic E-state index is 10.3. The molecule has 2 rings (SSSR count). The molecule has 3 nitrogen and oxygen atoms in total. The van der Waals surface area contributed by atoms with Gasteiger partial charge in [-0.05, 0) is 43.6 Å². The summed E-state index contributed by atoms with van der Waals surface area (Å²) in [5, 5.41) is 10.3. The Hall–Kier alpha value is -1.12. The van der Waals surface area contributed by atoms with Crippen molar-refractivity contribution >= 4 is 0 Å². The van der Waals surface area contributed by atoms with E-state index in [1.54, 1.807) is 6.08 Å². The van der Waals surface area contributed by atoms with Gasteiger partial charge in [-0.2, -0.15) is 0 Å². The summed E-state index contributed by atoms with van der Waals surface area (Å²) in [5.74, 6) is 0.735. The fourth-order valence-electron chi connectivity index (χ4n) is 2.83. The molecule has 2 aliphatic carbocycles. The molecule has 15 heavy (non-hydrogen) atoms. The number of rotatable bonds is 2. The molecular formula is C12H17NO2. The van der Waals surface area contributed by atoms with Crippen LogP contribution in [-0.2, 0) is 0 Å². The quantitative estimate of drug-likeness (QED) is 0.514. The normalized spacial score (nSPS) is 26.8. The van der Waals surface area contributed by atoms with Gasteiger partial charge >= 0.3 is 0 Å². The Balaban J connectivity index is 2.14. The van der Waals surface area contributed by atoms with Crippen LogP contribution < -0.4 is 0 Å². The molecule has 1 saturated carbocycles. The van der Waals surface area contributed by atoms with E-state index in [4.69, 9.17) is 0 Å². The summed E-state index contributed by atoms with van der Waals surface area (Å²) in [6.45, 7) is 0. The summed E-state index contributed by atoms with van der Waals surface area (Å²) in [4.78, 5) is 9.92. The molecule has 1 fully saturated rings. The van der Waals surface area contributed by atoms with Gasteiger partial charge < -0.3 is 0 Å². The minimum absolute atomic E-state index is 0.364. The lowest BCUT2D eigenvalue weighted by atomic mass is 9.96. The first-order valence-electron chi connectivity index (χ1n) is 5.81. The van der Waals surface area contributed by atoms with Crippen LogP contribution in [0.5, 0.6) is 0 Å². The van der Waals surface area contributed by atoms with E-state index in [0.717, 1.165) is 18.5 Å². The predicted molar refractivity (Wildman–Crippen MR) is 59.0 cm³/mol. The Morgan fingerprint density at radius 3 is 2.87 bits per heavy atom. The van der Waals surface area contributed by atoms with Gasteiger partial charge in [-0.15, -0.1) is 0 Å². The Morgan fingerprint density at radius 2 is 2.07 bits per heavy atom. The molecule has 1 unspecified atom stereocenters. The lowest BCUT2D eigenvalue weighted by Crippen LogP contribution is -1.96. The van der Waals surface area contributed by atoms with E-state index in [-0.39, 0.29) is 4.92 Å². The van der Waals surface area contributed by atoms with E-state index < -0.39 is 0 Å². The molecule has 0 aromatic heterocycles. The first-order valence-corrected chi connectivity index (χ1v) is 5.81. The number of hydrogen-bond acceptors (Lipinski definition) is 2. The highest BCUT2D eigenvalue weighted by Gasteiger charge is 2.25. The van der Waals surface area contributed by atoms with Crippen molar-refractivity contribution in [2.24, 2.45) is 5.92 Å². The van der Waals surface area contributed by atoms with Crippen molar-refractivity contribution in [3.63, 3.8) is 0 Å². The van der Waals surface area contributed by atoms with Crippen molar-refractivity contribution < 1.29 is 4.92 Å². The standard InChI is InChI=1S/C12H17NO2/c14-13(15)9-8-11-7-6-10-4-2-1-3-5-12(10)11/h8-10H,1-7H2/b9-8+. The van der Waals surface area contributed by atoms with Crippen LogP contribution in [0, 0.1) is 16.0 Å². The van der Waals surface area contributed by atoms with Crippen LogP contribution in [0.1, 0.15) is 44.9 Å². The lowest BCUT2D eigenvalue weighted by Gasteiger charge is -2.09. The van der Waals surface area contributed by atoms with Crippen molar-refractivity contribution in [2.45, 2.75) is 44.9 Å². The van der Waals surface area contributed by atoms with Gasteiger partial charge in [0.25, 0.3) is 0 Å². The largest absolute Gasteiger partial charge is 0.259 e. The zero-order valence-electron chi connectivity index (χ0n) is 8.95. The van der Waals surface area contributed by atoms with Gasteiger partial charge in [-0.1, -0.05) is 18.4 Å². The third kappa shape index (κ3) is 2.46. The van der Waals surface area contributed by atoms with Crippen LogP contribution in [0.2, 0.25) is 0 Å².